The van der Waals surface area contributed by atoms with Gasteiger partial charge in [-0.05, 0) is 57.3 Å². The van der Waals surface area contributed by atoms with Gasteiger partial charge in [0.2, 0.25) is 0 Å². The van der Waals surface area contributed by atoms with Crippen LogP contribution in [0.5, 0.6) is 5.75 Å². The Kier molecular flexibility index (Phi) is 5.20. The third-order valence-electron chi connectivity index (χ3n) is 1.88. The topological polar surface area (TPSA) is 60.4 Å². The summed E-state index contributed by atoms with van der Waals surface area (Å²) in [5.74, 6) is -0.325. The Hall–Kier alpha value is 0.1000. The fourth-order valence-corrected chi connectivity index (χ4v) is 4.28. The first-order valence-electron chi connectivity index (χ1n) is 4.65. The number of hydrogen-bond donors (Lipinski definition) is 0. The van der Waals surface area contributed by atoms with Gasteiger partial charge in [0.25, 0.3) is 0 Å². The summed E-state index contributed by atoms with van der Waals surface area (Å²) < 4.78 is 29.7. The van der Waals surface area contributed by atoms with Crippen LogP contribution in [0.25, 0.3) is 0 Å². The molecule has 0 unspecified atom stereocenters. The number of sulfone groups is 1. The molecule has 0 saturated carbocycles. The van der Waals surface area contributed by atoms with Crippen molar-refractivity contribution in [2.45, 2.75) is 18.2 Å². The highest BCUT2D eigenvalue weighted by Crippen LogP contribution is 2.32. The van der Waals surface area contributed by atoms with Gasteiger partial charge < -0.3 is 4.74 Å². The van der Waals surface area contributed by atoms with Crippen molar-refractivity contribution >= 4 is 61.0 Å². The molecule has 0 N–H and O–H groups in total. The first-order chi connectivity index (χ1) is 7.75. The Morgan fingerprint density at radius 3 is 2.41 bits per heavy atom. The molecule has 1 aromatic rings. The summed E-state index contributed by atoms with van der Waals surface area (Å²) in [5.41, 5.74) is 0. The molecule has 0 aliphatic rings. The molecule has 0 aliphatic carbocycles. The van der Waals surface area contributed by atoms with Gasteiger partial charge in [0.15, 0.2) is 15.6 Å². The van der Waals surface area contributed by atoms with Gasteiger partial charge in [-0.15, -0.1) is 0 Å². The lowest BCUT2D eigenvalue weighted by molar-refractivity contribution is -0.134. The van der Waals surface area contributed by atoms with E-state index in [1.807, 2.05) is 45.2 Å². The Morgan fingerprint density at radius 2 is 1.94 bits per heavy atom. The fraction of sp³-hybridized carbons (Fsp3) is 0.300. The van der Waals surface area contributed by atoms with Crippen molar-refractivity contribution in [3.63, 3.8) is 0 Å². The first-order valence-corrected chi connectivity index (χ1v) is 8.70. The predicted octanol–water partition coefficient (Wildman–Crippen LogP) is 2.61. The molecule has 7 heteroatoms. The maximum absolute atomic E-state index is 11.6. The van der Waals surface area contributed by atoms with E-state index in [2.05, 4.69) is 0 Å². The molecule has 17 heavy (non-hydrogen) atoms. The third-order valence-corrected chi connectivity index (χ3v) is 4.40. The molecule has 0 spiro atoms. The maximum atomic E-state index is 11.6. The summed E-state index contributed by atoms with van der Waals surface area (Å²) in [4.78, 5) is 11.3. The van der Waals surface area contributed by atoms with Crippen LogP contribution < -0.4 is 4.74 Å². The quantitative estimate of drug-likeness (QED) is 0.380. The molecule has 0 aliphatic heterocycles. The van der Waals surface area contributed by atoms with Crippen LogP contribution in [0.4, 0.5) is 0 Å². The van der Waals surface area contributed by atoms with Gasteiger partial charge >= 0.3 is 5.97 Å². The van der Waals surface area contributed by atoms with Crippen LogP contribution in [0.2, 0.25) is 0 Å². The highest BCUT2D eigenvalue weighted by atomic mass is 127. The Balaban J connectivity index is 3.41. The van der Waals surface area contributed by atoms with E-state index in [1.165, 1.54) is 6.07 Å². The minimum absolute atomic E-state index is 0.0515. The fourth-order valence-electron chi connectivity index (χ4n) is 1.10. The van der Waals surface area contributed by atoms with Gasteiger partial charge in [0.1, 0.15) is 4.90 Å². The molecule has 4 nitrogen and oxygen atoms in total. The van der Waals surface area contributed by atoms with Crippen LogP contribution >= 0.6 is 45.2 Å². The number of halogens is 2. The van der Waals surface area contributed by atoms with Gasteiger partial charge in [0, 0.05) is 16.2 Å². The van der Waals surface area contributed by atoms with Crippen molar-refractivity contribution in [3.05, 3.63) is 19.3 Å². The van der Waals surface area contributed by atoms with Crippen molar-refractivity contribution in [1.29, 1.82) is 0 Å². The largest absolute Gasteiger partial charge is 0.424 e. The van der Waals surface area contributed by atoms with E-state index in [0.29, 0.717) is 3.57 Å². The van der Waals surface area contributed by atoms with Gasteiger partial charge in [-0.3, -0.25) is 4.79 Å². The van der Waals surface area contributed by atoms with Crippen LogP contribution in [0.15, 0.2) is 17.0 Å². The van der Waals surface area contributed by atoms with Gasteiger partial charge in [-0.2, -0.15) is 0 Å². The Morgan fingerprint density at radius 1 is 1.35 bits per heavy atom. The zero-order valence-corrected chi connectivity index (χ0v) is 14.3. The molecule has 0 heterocycles. The summed E-state index contributed by atoms with van der Waals surface area (Å²) in [6.45, 7) is 1.65. The van der Waals surface area contributed by atoms with Crippen molar-refractivity contribution in [2.75, 3.05) is 6.26 Å². The van der Waals surface area contributed by atoms with Crippen molar-refractivity contribution in [3.8, 4) is 5.75 Å². The van der Waals surface area contributed by atoms with Crippen LogP contribution in [-0.2, 0) is 14.6 Å². The second-order valence-corrected chi connectivity index (χ2v) is 7.71. The normalized spacial score (nSPS) is 11.3. The van der Waals surface area contributed by atoms with Crippen LogP contribution in [0.3, 0.4) is 0 Å². The number of carbonyl (C=O) groups is 1. The molecule has 1 aromatic carbocycles. The average molecular weight is 480 g/mol. The highest BCUT2D eigenvalue weighted by Gasteiger charge is 2.20. The van der Waals surface area contributed by atoms with Crippen LogP contribution in [-0.4, -0.2) is 20.6 Å². The summed E-state index contributed by atoms with van der Waals surface area (Å²) in [7, 11) is -3.42. The number of benzene rings is 1. The summed E-state index contributed by atoms with van der Waals surface area (Å²) in [6.07, 6.45) is 1.29. The molecular formula is C10H10I2O4S. The summed E-state index contributed by atoms with van der Waals surface area (Å²) >= 11 is 3.98. The molecule has 0 bridgehead atoms. The minimum atomic E-state index is -3.42. The molecule has 0 atom stereocenters. The number of carbonyl (C=O) groups excluding carboxylic acids is 1. The van der Waals surface area contributed by atoms with E-state index in [4.69, 9.17) is 4.74 Å². The number of rotatable bonds is 3. The van der Waals surface area contributed by atoms with E-state index in [9.17, 15) is 13.2 Å². The van der Waals surface area contributed by atoms with Crippen molar-refractivity contribution < 1.29 is 17.9 Å². The van der Waals surface area contributed by atoms with Crippen LogP contribution in [0.1, 0.15) is 13.3 Å². The number of hydrogen-bond acceptors (Lipinski definition) is 4. The summed E-state index contributed by atoms with van der Waals surface area (Å²) in [6, 6.07) is 3.25. The standard InChI is InChI=1S/C10H10I2O4S/c1-3-9(13)16-10-7(12)4-6(11)5-8(10)17(2,14)15/h4-5H,3H2,1-2H3. The van der Waals surface area contributed by atoms with Gasteiger partial charge in [-0.1, -0.05) is 6.92 Å². The third kappa shape index (κ3) is 4.05. The molecular weight excluding hydrogens is 470 g/mol. The van der Waals surface area contributed by atoms with Crippen molar-refractivity contribution in [1.82, 2.24) is 0 Å². The lowest BCUT2D eigenvalue weighted by atomic mass is 10.3. The van der Waals surface area contributed by atoms with Crippen LogP contribution in [0, 0.1) is 7.14 Å². The molecule has 1 rings (SSSR count). The smallest absolute Gasteiger partial charge is 0.310 e. The summed E-state index contributed by atoms with van der Waals surface area (Å²) in [5, 5.41) is 0. The molecule has 94 valence electrons. The van der Waals surface area contributed by atoms with Gasteiger partial charge in [0.05, 0.1) is 3.57 Å². The lowest BCUT2D eigenvalue weighted by Crippen LogP contribution is -2.11. The number of esters is 1. The SMILES string of the molecule is CCC(=O)Oc1c(I)cc(I)cc1S(C)(=O)=O. The molecule has 0 aromatic heterocycles. The molecule has 0 radical (unpaired) electrons. The van der Waals surface area contributed by atoms with Crippen molar-refractivity contribution in [2.24, 2.45) is 0 Å². The van der Waals surface area contributed by atoms with E-state index in [1.54, 1.807) is 13.0 Å². The zero-order valence-electron chi connectivity index (χ0n) is 9.16. The minimum Gasteiger partial charge on any atom is -0.424 e. The van der Waals surface area contributed by atoms with E-state index >= 15 is 0 Å². The average Bonchev–Trinajstić information content (AvgIpc) is 2.19. The Bertz CT molecular complexity index is 552. The molecule has 0 amide bonds. The lowest BCUT2D eigenvalue weighted by Gasteiger charge is -2.11. The molecule has 0 saturated heterocycles. The Labute approximate surface area is 127 Å². The highest BCUT2D eigenvalue weighted by molar-refractivity contribution is 14.1. The predicted molar refractivity (Wildman–Crippen MR) is 80.9 cm³/mol. The monoisotopic (exact) mass is 480 g/mol. The number of ether oxygens (including phenoxy) is 1. The molecule has 0 fully saturated rings. The van der Waals surface area contributed by atoms with E-state index in [0.717, 1.165) is 9.83 Å². The van der Waals surface area contributed by atoms with E-state index < -0.39 is 15.8 Å². The second-order valence-electron chi connectivity index (χ2n) is 3.31. The second kappa shape index (κ2) is 5.83. The van der Waals surface area contributed by atoms with E-state index in [-0.39, 0.29) is 17.1 Å². The van der Waals surface area contributed by atoms with Gasteiger partial charge in [-0.25, -0.2) is 8.42 Å². The maximum Gasteiger partial charge on any atom is 0.310 e. The first kappa shape index (κ1) is 15.2. The zero-order chi connectivity index (χ0) is 13.2.